The fourth-order valence-corrected chi connectivity index (χ4v) is 3.46. The Balaban J connectivity index is 2.56. The number of carbonyl (C=O) groups is 1. The van der Waals surface area contributed by atoms with Crippen LogP contribution in [-0.4, -0.2) is 25.0 Å². The first-order valence-corrected chi connectivity index (χ1v) is 7.41. The smallest absolute Gasteiger partial charge is 0.416 e. The normalized spacial score (nSPS) is 17.5. The van der Waals surface area contributed by atoms with E-state index in [0.29, 0.717) is 31.0 Å². The molecule has 1 aromatic rings. The van der Waals surface area contributed by atoms with Crippen molar-refractivity contribution in [2.24, 2.45) is 0 Å². The fourth-order valence-electron chi connectivity index (χ4n) is 1.77. The molecule has 116 valence electrons. The van der Waals surface area contributed by atoms with E-state index in [2.05, 4.69) is 4.72 Å². The van der Waals surface area contributed by atoms with Gasteiger partial charge in [-0.3, -0.25) is 0 Å². The van der Waals surface area contributed by atoms with Crippen LogP contribution in [0.2, 0.25) is 0 Å². The molecule has 21 heavy (non-hydrogen) atoms. The number of nitrogens with one attached hydrogen (secondary N) is 1. The highest BCUT2D eigenvalue weighted by Crippen LogP contribution is 2.37. The first-order valence-electron chi connectivity index (χ1n) is 5.93. The van der Waals surface area contributed by atoms with Gasteiger partial charge in [0.15, 0.2) is 0 Å². The zero-order valence-corrected chi connectivity index (χ0v) is 11.7. The van der Waals surface area contributed by atoms with Crippen molar-refractivity contribution >= 4 is 16.0 Å². The summed E-state index contributed by atoms with van der Waals surface area (Å²) < 4.78 is 64.6. The second-order valence-corrected chi connectivity index (χ2v) is 6.83. The van der Waals surface area contributed by atoms with Gasteiger partial charge in [0.2, 0.25) is 10.0 Å². The number of benzene rings is 1. The topological polar surface area (TPSA) is 83.5 Å². The summed E-state index contributed by atoms with van der Waals surface area (Å²) in [6.45, 7) is 1.60. The first-order chi connectivity index (χ1) is 9.45. The van der Waals surface area contributed by atoms with Crippen molar-refractivity contribution in [3.05, 3.63) is 29.3 Å². The molecule has 0 amide bonds. The highest BCUT2D eigenvalue weighted by molar-refractivity contribution is 7.89. The van der Waals surface area contributed by atoms with Crippen LogP contribution in [0.3, 0.4) is 0 Å². The van der Waals surface area contributed by atoms with Crippen molar-refractivity contribution in [1.29, 1.82) is 0 Å². The summed E-state index contributed by atoms with van der Waals surface area (Å²) in [5.74, 6) is -1.61. The third kappa shape index (κ3) is 3.35. The van der Waals surface area contributed by atoms with E-state index < -0.39 is 43.7 Å². The summed E-state index contributed by atoms with van der Waals surface area (Å²) in [4.78, 5) is 10.2. The van der Waals surface area contributed by atoms with Crippen LogP contribution in [0.4, 0.5) is 13.2 Å². The standard InChI is InChI=1S/C12H12F3NO4S/c1-11(4-5-11)16-21(19,20)9-6-7(12(13,14)15)2-3-8(9)10(17)18/h2-3,6,16H,4-5H2,1H3,(H,17,18). The molecule has 0 saturated heterocycles. The lowest BCUT2D eigenvalue weighted by atomic mass is 10.1. The number of aromatic carboxylic acids is 1. The van der Waals surface area contributed by atoms with E-state index >= 15 is 0 Å². The molecule has 2 N–H and O–H groups in total. The number of carboxylic acid groups (broad SMARTS) is 1. The molecule has 5 nitrogen and oxygen atoms in total. The Morgan fingerprint density at radius 2 is 1.90 bits per heavy atom. The number of hydrogen-bond acceptors (Lipinski definition) is 3. The molecule has 9 heteroatoms. The Morgan fingerprint density at radius 1 is 1.33 bits per heavy atom. The molecule has 0 bridgehead atoms. The number of alkyl halides is 3. The molecule has 0 heterocycles. The van der Waals surface area contributed by atoms with Gasteiger partial charge < -0.3 is 5.11 Å². The fraction of sp³-hybridized carbons (Fsp3) is 0.417. The average Bonchev–Trinajstić information content (AvgIpc) is 3.03. The van der Waals surface area contributed by atoms with Crippen LogP contribution in [0.1, 0.15) is 35.7 Å². The second-order valence-electron chi connectivity index (χ2n) is 5.18. The van der Waals surface area contributed by atoms with Gasteiger partial charge in [0, 0.05) is 5.54 Å². The van der Waals surface area contributed by atoms with Gasteiger partial charge in [0.05, 0.1) is 16.0 Å². The molecule has 0 aliphatic heterocycles. The van der Waals surface area contributed by atoms with Gasteiger partial charge in [-0.2, -0.15) is 13.2 Å². The van der Waals surface area contributed by atoms with Crippen molar-refractivity contribution in [3.63, 3.8) is 0 Å². The van der Waals surface area contributed by atoms with E-state index in [9.17, 15) is 26.4 Å². The van der Waals surface area contributed by atoms with E-state index in [1.54, 1.807) is 6.92 Å². The lowest BCUT2D eigenvalue weighted by Gasteiger charge is -2.15. The van der Waals surface area contributed by atoms with Crippen molar-refractivity contribution in [2.45, 2.75) is 36.4 Å². The lowest BCUT2D eigenvalue weighted by Crippen LogP contribution is -2.35. The van der Waals surface area contributed by atoms with E-state index in [1.807, 2.05) is 0 Å². The zero-order valence-electron chi connectivity index (χ0n) is 10.9. The van der Waals surface area contributed by atoms with E-state index in [-0.39, 0.29) is 0 Å². The molecule has 0 radical (unpaired) electrons. The Labute approximate surface area is 118 Å². The average molecular weight is 323 g/mol. The number of carboxylic acids is 1. The predicted molar refractivity (Wildman–Crippen MR) is 66.4 cm³/mol. The van der Waals surface area contributed by atoms with E-state index in [4.69, 9.17) is 5.11 Å². The lowest BCUT2D eigenvalue weighted by molar-refractivity contribution is -0.137. The Bertz CT molecular complexity index is 693. The summed E-state index contributed by atoms with van der Waals surface area (Å²) in [5, 5.41) is 8.96. The maximum atomic E-state index is 12.7. The Kier molecular flexibility index (Phi) is 3.53. The molecule has 1 fully saturated rings. The van der Waals surface area contributed by atoms with Crippen molar-refractivity contribution < 1.29 is 31.5 Å². The van der Waals surface area contributed by atoms with Gasteiger partial charge in [0.1, 0.15) is 0 Å². The molecule has 0 spiro atoms. The minimum atomic E-state index is -4.76. The highest BCUT2D eigenvalue weighted by atomic mass is 32.2. The monoisotopic (exact) mass is 323 g/mol. The molecule has 0 aromatic heterocycles. The van der Waals surface area contributed by atoms with Gasteiger partial charge in [-0.25, -0.2) is 17.9 Å². The highest BCUT2D eigenvalue weighted by Gasteiger charge is 2.42. The molecule has 1 aliphatic carbocycles. The van der Waals surface area contributed by atoms with Crippen molar-refractivity contribution in [3.8, 4) is 0 Å². The van der Waals surface area contributed by atoms with Crippen LogP contribution in [0.5, 0.6) is 0 Å². The number of sulfonamides is 1. The van der Waals surface area contributed by atoms with Crippen molar-refractivity contribution in [1.82, 2.24) is 4.72 Å². The summed E-state index contributed by atoms with van der Waals surface area (Å²) in [7, 11) is -4.34. The summed E-state index contributed by atoms with van der Waals surface area (Å²) >= 11 is 0. The molecule has 0 atom stereocenters. The maximum absolute atomic E-state index is 12.7. The second kappa shape index (κ2) is 4.70. The largest absolute Gasteiger partial charge is 0.478 e. The summed E-state index contributed by atoms with van der Waals surface area (Å²) in [6, 6.07) is 1.54. The minimum absolute atomic E-state index is 0.345. The quantitative estimate of drug-likeness (QED) is 0.890. The number of hydrogen-bond donors (Lipinski definition) is 2. The Hall–Kier alpha value is -1.61. The molecule has 2 rings (SSSR count). The van der Waals surface area contributed by atoms with Crippen LogP contribution in [0.15, 0.2) is 23.1 Å². The Morgan fingerprint density at radius 3 is 2.33 bits per heavy atom. The van der Waals surface area contributed by atoms with E-state index in [0.717, 1.165) is 0 Å². The minimum Gasteiger partial charge on any atom is -0.478 e. The number of rotatable bonds is 4. The first kappa shape index (κ1) is 15.8. The molecule has 0 unspecified atom stereocenters. The zero-order chi connectivity index (χ0) is 16.1. The third-order valence-corrected chi connectivity index (χ3v) is 4.89. The summed E-state index contributed by atoms with van der Waals surface area (Å²) in [5.41, 5.74) is -2.63. The molecule has 1 aromatic carbocycles. The van der Waals surface area contributed by atoms with Gasteiger partial charge in [-0.05, 0) is 38.0 Å². The molecular weight excluding hydrogens is 311 g/mol. The number of halogens is 3. The summed E-state index contributed by atoms with van der Waals surface area (Å²) in [6.07, 6.45) is -3.66. The van der Waals surface area contributed by atoms with Gasteiger partial charge in [-0.15, -0.1) is 0 Å². The maximum Gasteiger partial charge on any atom is 0.416 e. The molecule has 1 saturated carbocycles. The van der Waals surface area contributed by atoms with Gasteiger partial charge in [0.25, 0.3) is 0 Å². The SMILES string of the molecule is CC1(NS(=O)(=O)c2cc(C(F)(F)F)ccc2C(=O)O)CC1. The van der Waals surface area contributed by atoms with Gasteiger partial charge in [-0.1, -0.05) is 0 Å². The van der Waals surface area contributed by atoms with Crippen LogP contribution in [-0.2, 0) is 16.2 Å². The van der Waals surface area contributed by atoms with Crippen molar-refractivity contribution in [2.75, 3.05) is 0 Å². The van der Waals surface area contributed by atoms with Crippen LogP contribution < -0.4 is 4.72 Å². The molecular formula is C12H12F3NO4S. The van der Waals surface area contributed by atoms with E-state index in [1.165, 1.54) is 0 Å². The molecule has 1 aliphatic rings. The van der Waals surface area contributed by atoms with Crippen LogP contribution >= 0.6 is 0 Å². The van der Waals surface area contributed by atoms with Gasteiger partial charge >= 0.3 is 12.1 Å². The van der Waals surface area contributed by atoms with Crippen LogP contribution in [0, 0.1) is 0 Å². The predicted octanol–water partition coefficient (Wildman–Crippen LogP) is 2.23. The third-order valence-electron chi connectivity index (χ3n) is 3.21. The van der Waals surface area contributed by atoms with Crippen LogP contribution in [0.25, 0.3) is 0 Å².